The van der Waals surface area contributed by atoms with E-state index in [0.717, 1.165) is 66.5 Å². The van der Waals surface area contributed by atoms with Crippen molar-refractivity contribution >= 4 is 15.5 Å². The first-order valence-electron chi connectivity index (χ1n) is 12.1. The van der Waals surface area contributed by atoms with E-state index in [0.29, 0.717) is 5.69 Å². The number of aromatic nitrogens is 3. The van der Waals surface area contributed by atoms with Crippen LogP contribution in [0, 0.1) is 11.6 Å². The number of rotatable bonds is 7. The fraction of sp³-hybridized carbons (Fsp3) is 0.308. The molecule has 11 heteroatoms. The molecular formula is C26H25F2N5O3S. The minimum atomic E-state index is -3.87. The molecule has 0 unspecified atom stereocenters. The van der Waals surface area contributed by atoms with Crippen molar-refractivity contribution in [3.05, 3.63) is 78.4 Å². The third kappa shape index (κ3) is 4.76. The highest BCUT2D eigenvalue weighted by atomic mass is 32.2. The van der Waals surface area contributed by atoms with E-state index in [4.69, 9.17) is 4.42 Å². The van der Waals surface area contributed by atoms with Crippen LogP contribution in [-0.2, 0) is 15.6 Å². The SMILES string of the molecule is O=S(=O)(Cc1ccc(F)c(-n2cc(-c3cccc(N4CCN(C5CC5)CC4)c3)nn2)c1F)c1ccoc1. The molecule has 0 bridgehead atoms. The number of hydrogen-bond acceptors (Lipinski definition) is 7. The number of benzene rings is 2. The highest BCUT2D eigenvalue weighted by molar-refractivity contribution is 7.90. The van der Waals surface area contributed by atoms with Crippen molar-refractivity contribution in [1.82, 2.24) is 19.9 Å². The summed E-state index contributed by atoms with van der Waals surface area (Å²) in [5, 5.41) is 8.09. The number of sulfone groups is 1. The number of nitrogens with zero attached hydrogens (tertiary/aromatic N) is 5. The lowest BCUT2D eigenvalue weighted by atomic mass is 10.1. The van der Waals surface area contributed by atoms with Gasteiger partial charge in [0, 0.05) is 49.0 Å². The van der Waals surface area contributed by atoms with Gasteiger partial charge in [-0.1, -0.05) is 23.4 Å². The third-order valence-corrected chi connectivity index (χ3v) is 8.60. The van der Waals surface area contributed by atoms with Gasteiger partial charge in [-0.3, -0.25) is 4.90 Å². The second-order valence-electron chi connectivity index (χ2n) is 9.44. The Morgan fingerprint density at radius 2 is 1.84 bits per heavy atom. The van der Waals surface area contributed by atoms with E-state index in [1.807, 2.05) is 24.3 Å². The van der Waals surface area contributed by atoms with Gasteiger partial charge in [0.25, 0.3) is 0 Å². The fourth-order valence-electron chi connectivity index (χ4n) is 4.77. The Bertz CT molecular complexity index is 1530. The second kappa shape index (κ2) is 9.38. The summed E-state index contributed by atoms with van der Waals surface area (Å²) in [5.41, 5.74) is 1.63. The summed E-state index contributed by atoms with van der Waals surface area (Å²) in [4.78, 5) is 4.80. The molecule has 2 fully saturated rings. The van der Waals surface area contributed by atoms with Gasteiger partial charge < -0.3 is 9.32 Å². The minimum Gasteiger partial charge on any atom is -0.471 e. The number of furan rings is 1. The normalized spacial score (nSPS) is 16.9. The zero-order chi connectivity index (χ0) is 25.6. The van der Waals surface area contributed by atoms with Crippen molar-refractivity contribution in [2.24, 2.45) is 0 Å². The van der Waals surface area contributed by atoms with Crippen molar-refractivity contribution < 1.29 is 21.6 Å². The predicted molar refractivity (Wildman–Crippen MR) is 133 cm³/mol. The molecule has 0 amide bonds. The molecule has 1 aliphatic heterocycles. The first kappa shape index (κ1) is 23.8. The Kier molecular flexibility index (Phi) is 6.04. The molecule has 2 aromatic carbocycles. The Hall–Kier alpha value is -3.57. The average Bonchev–Trinajstić information content (AvgIpc) is 3.37. The van der Waals surface area contributed by atoms with E-state index >= 15 is 4.39 Å². The standard InChI is InChI=1S/C26H25F2N5O3S/c27-23-7-4-19(17-37(34,35)22-8-13-36-16-22)25(28)26(23)33-15-24(29-30-33)18-2-1-3-21(14-18)32-11-9-31(10-12-32)20-5-6-20/h1-4,7-8,13-16,20H,5-6,9-12,17H2. The van der Waals surface area contributed by atoms with Gasteiger partial charge in [-0.05, 0) is 37.1 Å². The molecule has 0 N–H and O–H groups in total. The lowest BCUT2D eigenvalue weighted by Crippen LogP contribution is -2.47. The molecule has 192 valence electrons. The van der Waals surface area contributed by atoms with Crippen LogP contribution in [0.25, 0.3) is 16.9 Å². The van der Waals surface area contributed by atoms with Crippen LogP contribution in [0.5, 0.6) is 0 Å². The number of hydrogen-bond donors (Lipinski definition) is 0. The van der Waals surface area contributed by atoms with Gasteiger partial charge in [0.05, 0.1) is 18.2 Å². The van der Waals surface area contributed by atoms with Crippen LogP contribution in [0.15, 0.2) is 70.5 Å². The predicted octanol–water partition coefficient (Wildman–Crippen LogP) is 4.06. The van der Waals surface area contributed by atoms with Crippen LogP contribution in [-0.4, -0.2) is 60.5 Å². The van der Waals surface area contributed by atoms with Gasteiger partial charge in [-0.2, -0.15) is 0 Å². The van der Waals surface area contributed by atoms with Crippen LogP contribution in [0.1, 0.15) is 18.4 Å². The maximum Gasteiger partial charge on any atom is 0.185 e. The Balaban J connectivity index is 1.25. The van der Waals surface area contributed by atoms with E-state index in [-0.39, 0.29) is 10.5 Å². The quantitative estimate of drug-likeness (QED) is 0.360. The van der Waals surface area contributed by atoms with Crippen LogP contribution in [0.2, 0.25) is 0 Å². The molecule has 0 spiro atoms. The summed E-state index contributed by atoms with van der Waals surface area (Å²) in [6.07, 6.45) is 6.34. The van der Waals surface area contributed by atoms with Gasteiger partial charge in [0.1, 0.15) is 22.5 Å². The zero-order valence-corrected chi connectivity index (χ0v) is 20.7. The smallest absolute Gasteiger partial charge is 0.185 e. The van der Waals surface area contributed by atoms with E-state index in [2.05, 4.69) is 20.1 Å². The Morgan fingerprint density at radius 3 is 2.57 bits per heavy atom. The van der Waals surface area contributed by atoms with Crippen LogP contribution in [0.3, 0.4) is 0 Å². The van der Waals surface area contributed by atoms with Crippen LogP contribution in [0.4, 0.5) is 14.5 Å². The van der Waals surface area contributed by atoms with Crippen molar-refractivity contribution in [3.8, 4) is 16.9 Å². The maximum absolute atomic E-state index is 15.4. The summed E-state index contributed by atoms with van der Waals surface area (Å²) in [5.74, 6) is -2.53. The molecule has 37 heavy (non-hydrogen) atoms. The van der Waals surface area contributed by atoms with Crippen molar-refractivity contribution in [1.29, 1.82) is 0 Å². The van der Waals surface area contributed by atoms with Crippen molar-refractivity contribution in [2.75, 3.05) is 31.1 Å². The van der Waals surface area contributed by atoms with Crippen LogP contribution >= 0.6 is 0 Å². The summed E-state index contributed by atoms with van der Waals surface area (Å²) < 4.78 is 61.1. The maximum atomic E-state index is 15.4. The van der Waals surface area contributed by atoms with E-state index in [9.17, 15) is 12.8 Å². The number of piperazine rings is 1. The monoisotopic (exact) mass is 525 g/mol. The van der Waals surface area contributed by atoms with Gasteiger partial charge in [0.2, 0.25) is 0 Å². The Labute approximate surface area is 213 Å². The Morgan fingerprint density at radius 1 is 1.03 bits per heavy atom. The van der Waals surface area contributed by atoms with Gasteiger partial charge >= 0.3 is 0 Å². The zero-order valence-electron chi connectivity index (χ0n) is 19.9. The van der Waals surface area contributed by atoms with Gasteiger partial charge in [-0.25, -0.2) is 21.9 Å². The summed E-state index contributed by atoms with van der Waals surface area (Å²) in [6.45, 7) is 3.96. The van der Waals surface area contributed by atoms with Crippen LogP contribution < -0.4 is 4.90 Å². The lowest BCUT2D eigenvalue weighted by Gasteiger charge is -2.36. The second-order valence-corrected chi connectivity index (χ2v) is 11.4. The molecule has 0 atom stereocenters. The molecule has 2 aliphatic rings. The first-order chi connectivity index (χ1) is 17.9. The molecule has 0 radical (unpaired) electrons. The van der Waals surface area contributed by atoms with E-state index < -0.39 is 32.9 Å². The largest absolute Gasteiger partial charge is 0.471 e. The molecule has 2 aromatic heterocycles. The molecule has 1 saturated heterocycles. The van der Waals surface area contributed by atoms with Gasteiger partial charge in [-0.15, -0.1) is 5.10 Å². The summed E-state index contributed by atoms with van der Waals surface area (Å²) in [7, 11) is -3.87. The third-order valence-electron chi connectivity index (χ3n) is 6.95. The molecule has 4 aromatic rings. The summed E-state index contributed by atoms with van der Waals surface area (Å²) in [6, 6.07) is 12.0. The van der Waals surface area contributed by atoms with Crippen molar-refractivity contribution in [3.63, 3.8) is 0 Å². The molecule has 1 saturated carbocycles. The average molecular weight is 526 g/mol. The van der Waals surface area contributed by atoms with E-state index in [1.165, 1.54) is 31.4 Å². The molecule has 1 aliphatic carbocycles. The molecule has 6 rings (SSSR count). The number of anilines is 1. The van der Waals surface area contributed by atoms with Crippen molar-refractivity contribution in [2.45, 2.75) is 29.5 Å². The summed E-state index contributed by atoms with van der Waals surface area (Å²) >= 11 is 0. The van der Waals surface area contributed by atoms with Gasteiger partial charge in [0.15, 0.2) is 21.5 Å². The lowest BCUT2D eigenvalue weighted by molar-refractivity contribution is 0.248. The first-order valence-corrected chi connectivity index (χ1v) is 13.8. The highest BCUT2D eigenvalue weighted by Crippen LogP contribution is 2.30. The molecule has 8 nitrogen and oxygen atoms in total. The molecular weight excluding hydrogens is 500 g/mol. The number of halogens is 2. The topological polar surface area (TPSA) is 84.5 Å². The minimum absolute atomic E-state index is 0.0744. The highest BCUT2D eigenvalue weighted by Gasteiger charge is 2.31. The fourth-order valence-corrected chi connectivity index (χ4v) is 6.04. The van der Waals surface area contributed by atoms with E-state index in [1.54, 1.807) is 0 Å². The molecule has 3 heterocycles.